The van der Waals surface area contributed by atoms with Gasteiger partial charge in [0.05, 0.1) is 11.4 Å². The molecule has 0 spiro atoms. The van der Waals surface area contributed by atoms with E-state index in [2.05, 4.69) is 25.7 Å². The van der Waals surface area contributed by atoms with Crippen LogP contribution in [0, 0.1) is 5.92 Å². The molecular formula is C15H25N3O. The Kier molecular flexibility index (Phi) is 5.21. The molecule has 0 radical (unpaired) electrons. The molecule has 1 amide bonds. The number of carbonyl (C=O) groups excluding carboxylic acids is 1. The SMILES string of the molecule is CCN(CC(C)C)c1cc(C(=O)N(C)C)ccc1N. The fraction of sp³-hybridized carbons (Fsp3) is 0.533. The summed E-state index contributed by atoms with van der Waals surface area (Å²) in [6.45, 7) is 8.26. The van der Waals surface area contributed by atoms with Crippen LogP contribution in [-0.2, 0) is 0 Å². The van der Waals surface area contributed by atoms with Crippen LogP contribution in [0.15, 0.2) is 18.2 Å². The molecule has 0 aliphatic rings. The van der Waals surface area contributed by atoms with Gasteiger partial charge in [-0.05, 0) is 31.0 Å². The standard InChI is InChI=1S/C15H25N3O/c1-6-18(10-11(2)3)14-9-12(7-8-13(14)16)15(19)17(4)5/h7-9,11H,6,10,16H2,1-5H3. The smallest absolute Gasteiger partial charge is 0.253 e. The molecule has 4 heteroatoms. The molecule has 0 aliphatic heterocycles. The van der Waals surface area contributed by atoms with E-state index in [4.69, 9.17) is 5.73 Å². The molecule has 19 heavy (non-hydrogen) atoms. The fourth-order valence-corrected chi connectivity index (χ4v) is 2.05. The zero-order chi connectivity index (χ0) is 14.6. The fourth-order valence-electron chi connectivity index (χ4n) is 2.05. The Morgan fingerprint density at radius 1 is 1.32 bits per heavy atom. The van der Waals surface area contributed by atoms with Gasteiger partial charge in [0.2, 0.25) is 0 Å². The Bertz CT molecular complexity index is 441. The molecule has 0 saturated carbocycles. The van der Waals surface area contributed by atoms with E-state index in [0.717, 1.165) is 24.5 Å². The molecular weight excluding hydrogens is 238 g/mol. The molecule has 0 fully saturated rings. The molecule has 0 saturated heterocycles. The molecule has 2 N–H and O–H groups in total. The summed E-state index contributed by atoms with van der Waals surface area (Å²) in [5.74, 6) is 0.550. The van der Waals surface area contributed by atoms with Gasteiger partial charge in [0.15, 0.2) is 0 Å². The molecule has 1 rings (SSSR count). The number of anilines is 2. The Morgan fingerprint density at radius 2 is 1.95 bits per heavy atom. The summed E-state index contributed by atoms with van der Waals surface area (Å²) < 4.78 is 0. The zero-order valence-corrected chi connectivity index (χ0v) is 12.6. The Balaban J connectivity index is 3.11. The van der Waals surface area contributed by atoms with E-state index in [-0.39, 0.29) is 5.91 Å². The molecule has 0 aromatic heterocycles. The van der Waals surface area contributed by atoms with Crippen LogP contribution in [0.1, 0.15) is 31.1 Å². The van der Waals surface area contributed by atoms with Crippen molar-refractivity contribution in [1.29, 1.82) is 0 Å². The van der Waals surface area contributed by atoms with Crippen molar-refractivity contribution in [3.63, 3.8) is 0 Å². The summed E-state index contributed by atoms with van der Waals surface area (Å²) in [7, 11) is 3.51. The number of nitrogens with two attached hydrogens (primary N) is 1. The molecule has 0 bridgehead atoms. The highest BCUT2D eigenvalue weighted by molar-refractivity contribution is 5.96. The van der Waals surface area contributed by atoms with Gasteiger partial charge in [0.1, 0.15) is 0 Å². The van der Waals surface area contributed by atoms with Crippen molar-refractivity contribution in [3.05, 3.63) is 23.8 Å². The minimum absolute atomic E-state index is 0.00171. The van der Waals surface area contributed by atoms with E-state index in [1.165, 1.54) is 0 Å². The van der Waals surface area contributed by atoms with Crippen LogP contribution in [0.5, 0.6) is 0 Å². The molecule has 4 nitrogen and oxygen atoms in total. The van der Waals surface area contributed by atoms with Gasteiger partial charge < -0.3 is 15.5 Å². The van der Waals surface area contributed by atoms with Crippen molar-refractivity contribution in [1.82, 2.24) is 4.90 Å². The maximum atomic E-state index is 12.0. The first kappa shape index (κ1) is 15.3. The predicted molar refractivity (Wildman–Crippen MR) is 81.6 cm³/mol. The van der Waals surface area contributed by atoms with E-state index in [0.29, 0.717) is 11.5 Å². The molecule has 0 atom stereocenters. The highest BCUT2D eigenvalue weighted by Crippen LogP contribution is 2.25. The van der Waals surface area contributed by atoms with Crippen molar-refractivity contribution in [2.45, 2.75) is 20.8 Å². The second kappa shape index (κ2) is 6.45. The van der Waals surface area contributed by atoms with Crippen molar-refractivity contribution in [3.8, 4) is 0 Å². The lowest BCUT2D eigenvalue weighted by Gasteiger charge is -2.27. The predicted octanol–water partition coefficient (Wildman–Crippen LogP) is 2.45. The summed E-state index contributed by atoms with van der Waals surface area (Å²) in [6.07, 6.45) is 0. The quantitative estimate of drug-likeness (QED) is 0.830. The van der Waals surface area contributed by atoms with Crippen molar-refractivity contribution in [2.24, 2.45) is 5.92 Å². The van der Waals surface area contributed by atoms with E-state index < -0.39 is 0 Å². The minimum atomic E-state index is 0.00171. The van der Waals surface area contributed by atoms with Crippen LogP contribution in [-0.4, -0.2) is 38.0 Å². The number of amides is 1. The number of hydrogen-bond donors (Lipinski definition) is 1. The number of nitrogens with zero attached hydrogens (tertiary/aromatic N) is 2. The average molecular weight is 263 g/mol. The van der Waals surface area contributed by atoms with E-state index in [9.17, 15) is 4.79 Å². The van der Waals surface area contributed by atoms with Crippen LogP contribution in [0.4, 0.5) is 11.4 Å². The van der Waals surface area contributed by atoms with E-state index in [1.54, 1.807) is 25.1 Å². The minimum Gasteiger partial charge on any atom is -0.397 e. The van der Waals surface area contributed by atoms with Crippen molar-refractivity contribution < 1.29 is 4.79 Å². The zero-order valence-electron chi connectivity index (χ0n) is 12.6. The van der Waals surface area contributed by atoms with Gasteiger partial charge in [0.25, 0.3) is 5.91 Å². The van der Waals surface area contributed by atoms with Crippen molar-refractivity contribution >= 4 is 17.3 Å². The first-order chi connectivity index (χ1) is 8.86. The topological polar surface area (TPSA) is 49.6 Å². The summed E-state index contributed by atoms with van der Waals surface area (Å²) >= 11 is 0. The molecule has 0 unspecified atom stereocenters. The van der Waals surface area contributed by atoms with Gasteiger partial charge >= 0.3 is 0 Å². The monoisotopic (exact) mass is 263 g/mol. The lowest BCUT2D eigenvalue weighted by Crippen LogP contribution is -2.29. The maximum Gasteiger partial charge on any atom is 0.253 e. The number of carbonyl (C=O) groups is 1. The second-order valence-electron chi connectivity index (χ2n) is 5.41. The molecule has 1 aromatic carbocycles. The molecule has 1 aromatic rings. The summed E-state index contributed by atoms with van der Waals surface area (Å²) in [5.41, 5.74) is 8.40. The highest BCUT2D eigenvalue weighted by Gasteiger charge is 2.14. The summed E-state index contributed by atoms with van der Waals surface area (Å²) in [4.78, 5) is 15.8. The second-order valence-corrected chi connectivity index (χ2v) is 5.41. The van der Waals surface area contributed by atoms with Crippen LogP contribution in [0.25, 0.3) is 0 Å². The number of nitrogen functional groups attached to an aromatic ring is 1. The third-order valence-electron chi connectivity index (χ3n) is 2.99. The summed E-state index contributed by atoms with van der Waals surface area (Å²) in [6, 6.07) is 5.49. The van der Waals surface area contributed by atoms with Crippen LogP contribution < -0.4 is 10.6 Å². The van der Waals surface area contributed by atoms with Crippen molar-refractivity contribution in [2.75, 3.05) is 37.8 Å². The first-order valence-corrected chi connectivity index (χ1v) is 6.72. The summed E-state index contributed by atoms with van der Waals surface area (Å²) in [5, 5.41) is 0. The van der Waals surface area contributed by atoms with Gasteiger partial charge in [-0.15, -0.1) is 0 Å². The van der Waals surface area contributed by atoms with Gasteiger partial charge in [-0.3, -0.25) is 4.79 Å². The van der Waals surface area contributed by atoms with Crippen LogP contribution in [0.3, 0.4) is 0 Å². The van der Waals surface area contributed by atoms with Gasteiger partial charge in [-0.25, -0.2) is 0 Å². The molecule has 0 heterocycles. The lowest BCUT2D eigenvalue weighted by atomic mass is 10.1. The third-order valence-corrected chi connectivity index (χ3v) is 2.99. The lowest BCUT2D eigenvalue weighted by molar-refractivity contribution is 0.0827. The molecule has 106 valence electrons. The van der Waals surface area contributed by atoms with E-state index >= 15 is 0 Å². The number of hydrogen-bond acceptors (Lipinski definition) is 3. The Morgan fingerprint density at radius 3 is 2.42 bits per heavy atom. The normalized spacial score (nSPS) is 10.6. The Labute approximate surface area is 116 Å². The Hall–Kier alpha value is -1.71. The van der Waals surface area contributed by atoms with Gasteiger partial charge in [-0.2, -0.15) is 0 Å². The van der Waals surface area contributed by atoms with E-state index in [1.807, 2.05) is 12.1 Å². The highest BCUT2D eigenvalue weighted by atomic mass is 16.2. The first-order valence-electron chi connectivity index (χ1n) is 6.72. The van der Waals surface area contributed by atoms with Gasteiger partial charge in [0, 0.05) is 32.7 Å². The van der Waals surface area contributed by atoms with Gasteiger partial charge in [-0.1, -0.05) is 13.8 Å². The number of benzene rings is 1. The average Bonchev–Trinajstić information content (AvgIpc) is 2.35. The third kappa shape index (κ3) is 3.88. The maximum absolute atomic E-state index is 12.0. The van der Waals surface area contributed by atoms with Crippen LogP contribution >= 0.6 is 0 Å². The number of rotatable bonds is 5. The molecule has 0 aliphatic carbocycles. The van der Waals surface area contributed by atoms with Crippen LogP contribution in [0.2, 0.25) is 0 Å². The largest absolute Gasteiger partial charge is 0.397 e.